The molecular formula is C27H41N7O3. The topological polar surface area (TPSA) is 137 Å². The summed E-state index contributed by atoms with van der Waals surface area (Å²) in [7, 11) is 0. The molecule has 2 aliphatic heterocycles. The van der Waals surface area contributed by atoms with E-state index < -0.39 is 18.1 Å². The van der Waals surface area contributed by atoms with E-state index in [0.29, 0.717) is 44.8 Å². The first-order valence-corrected chi connectivity index (χ1v) is 13.6. The second-order valence-electron chi connectivity index (χ2n) is 10.5. The first-order chi connectivity index (χ1) is 17.8. The summed E-state index contributed by atoms with van der Waals surface area (Å²) in [5, 5.41) is 2.80. The predicted octanol–water partition coefficient (Wildman–Crippen LogP) is 1.96. The molecule has 10 heteroatoms. The molecule has 1 aromatic carbocycles. The van der Waals surface area contributed by atoms with Gasteiger partial charge in [0.25, 0.3) is 5.91 Å². The molecule has 2 atom stereocenters. The van der Waals surface area contributed by atoms with Crippen LogP contribution in [0.15, 0.2) is 29.3 Å². The van der Waals surface area contributed by atoms with Crippen LogP contribution in [0.3, 0.4) is 0 Å². The lowest BCUT2D eigenvalue weighted by Crippen LogP contribution is -2.57. The number of nitrogens with one attached hydrogen (secondary N) is 1. The van der Waals surface area contributed by atoms with E-state index in [1.165, 1.54) is 22.6 Å². The number of nitrogens with two attached hydrogens (primary N) is 2. The van der Waals surface area contributed by atoms with Crippen molar-refractivity contribution in [3.8, 4) is 0 Å². The highest BCUT2D eigenvalue weighted by molar-refractivity contribution is 6.07. The number of para-hydroxylation sites is 1. The molecule has 10 nitrogen and oxygen atoms in total. The van der Waals surface area contributed by atoms with E-state index >= 15 is 0 Å². The van der Waals surface area contributed by atoms with Crippen LogP contribution >= 0.6 is 0 Å². The lowest BCUT2D eigenvalue weighted by molar-refractivity contribution is -0.143. The number of carbonyl (C=O) groups excluding carboxylic acids is 3. The van der Waals surface area contributed by atoms with E-state index in [9.17, 15) is 14.4 Å². The highest BCUT2D eigenvalue weighted by atomic mass is 16.2. The van der Waals surface area contributed by atoms with Gasteiger partial charge in [0.15, 0.2) is 5.96 Å². The summed E-state index contributed by atoms with van der Waals surface area (Å²) in [6, 6.07) is 6.39. The zero-order chi connectivity index (χ0) is 26.4. The Morgan fingerprint density at radius 1 is 1.08 bits per heavy atom. The maximum absolute atomic E-state index is 13.9. The maximum Gasteiger partial charge on any atom is 0.325 e. The summed E-state index contributed by atoms with van der Waals surface area (Å²) in [6.45, 7) is 5.07. The number of benzene rings is 1. The molecular weight excluding hydrogens is 470 g/mol. The van der Waals surface area contributed by atoms with Gasteiger partial charge in [-0.2, -0.15) is 0 Å². The van der Waals surface area contributed by atoms with Gasteiger partial charge in [0, 0.05) is 38.4 Å². The second kappa shape index (κ2) is 12.3. The number of carbonyl (C=O) groups is 3. The molecule has 0 radical (unpaired) electrons. The molecule has 3 aliphatic rings. The Morgan fingerprint density at radius 2 is 1.78 bits per heavy atom. The van der Waals surface area contributed by atoms with Crippen molar-refractivity contribution in [2.45, 2.75) is 70.4 Å². The lowest BCUT2D eigenvalue weighted by Gasteiger charge is -2.40. The molecule has 0 bridgehead atoms. The van der Waals surface area contributed by atoms with Crippen LogP contribution in [0.2, 0.25) is 0 Å². The van der Waals surface area contributed by atoms with E-state index in [0.717, 1.165) is 38.8 Å². The zero-order valence-corrected chi connectivity index (χ0v) is 21.9. The molecule has 4 rings (SSSR count). The van der Waals surface area contributed by atoms with Crippen LogP contribution < -0.4 is 21.7 Å². The lowest BCUT2D eigenvalue weighted by atomic mass is 9.84. The standard InChI is InChI=1S/C27H41N7O3/c1-19-8-5-6-12-22(19)32-14-16-33(17-15-32)25(36)23(18-20-9-3-2-4-10-20)34-24(35)21(31-27(34)37)11-7-13-30-26(28)29/h5-6,8,12,20-21,23H,2-4,7,9-11,13-18H2,1H3,(H,31,37)(H4,28,29,30)/t21-,23-/m1/s1. The van der Waals surface area contributed by atoms with Crippen molar-refractivity contribution >= 4 is 29.5 Å². The van der Waals surface area contributed by atoms with E-state index in [1.807, 2.05) is 17.0 Å². The van der Waals surface area contributed by atoms with Gasteiger partial charge in [0.1, 0.15) is 12.1 Å². The molecule has 0 spiro atoms. The Bertz CT molecular complexity index is 995. The van der Waals surface area contributed by atoms with Crippen LogP contribution in [0.4, 0.5) is 10.5 Å². The van der Waals surface area contributed by atoms with Crippen LogP contribution in [-0.2, 0) is 9.59 Å². The Balaban J connectivity index is 1.45. The number of amides is 4. The van der Waals surface area contributed by atoms with Crippen LogP contribution in [0.1, 0.15) is 56.9 Å². The first kappa shape index (κ1) is 26.8. The van der Waals surface area contributed by atoms with Gasteiger partial charge >= 0.3 is 6.03 Å². The molecule has 0 aromatic heterocycles. The molecule has 5 N–H and O–H groups in total. The number of aliphatic imine (C=N–C) groups is 1. The van der Waals surface area contributed by atoms with E-state index in [-0.39, 0.29) is 17.8 Å². The summed E-state index contributed by atoms with van der Waals surface area (Å²) < 4.78 is 0. The number of rotatable bonds is 9. The van der Waals surface area contributed by atoms with Crippen molar-refractivity contribution in [3.05, 3.63) is 29.8 Å². The summed E-state index contributed by atoms with van der Waals surface area (Å²) in [5.41, 5.74) is 13.2. The number of guanidine groups is 1. The molecule has 37 heavy (non-hydrogen) atoms. The van der Waals surface area contributed by atoms with Crippen molar-refractivity contribution in [1.29, 1.82) is 0 Å². The Kier molecular flexibility index (Phi) is 8.89. The number of nitrogens with zero attached hydrogens (tertiary/aromatic N) is 4. The van der Waals surface area contributed by atoms with Crippen LogP contribution in [0.25, 0.3) is 0 Å². The number of imide groups is 1. The normalized spacial score (nSPS) is 21.6. The summed E-state index contributed by atoms with van der Waals surface area (Å²) >= 11 is 0. The van der Waals surface area contributed by atoms with Crippen LogP contribution in [-0.4, -0.2) is 78.4 Å². The number of anilines is 1. The van der Waals surface area contributed by atoms with Crippen molar-refractivity contribution < 1.29 is 14.4 Å². The van der Waals surface area contributed by atoms with E-state index in [4.69, 9.17) is 11.5 Å². The number of aryl methyl sites for hydroxylation is 1. The van der Waals surface area contributed by atoms with Gasteiger partial charge in [-0.05, 0) is 43.7 Å². The zero-order valence-electron chi connectivity index (χ0n) is 21.9. The molecule has 1 aliphatic carbocycles. The number of hydrogen-bond acceptors (Lipinski definition) is 5. The van der Waals surface area contributed by atoms with Crippen LogP contribution in [0.5, 0.6) is 0 Å². The molecule has 3 fully saturated rings. The minimum absolute atomic E-state index is 0.00377. The maximum atomic E-state index is 13.9. The predicted molar refractivity (Wildman–Crippen MR) is 144 cm³/mol. The van der Waals surface area contributed by atoms with E-state index in [1.54, 1.807) is 0 Å². The van der Waals surface area contributed by atoms with Gasteiger partial charge in [-0.3, -0.25) is 14.6 Å². The SMILES string of the molecule is Cc1ccccc1N1CCN(C(=O)[C@@H](CC2CCCCC2)N2C(=O)N[C@H](CCCN=C(N)N)C2=O)CC1. The van der Waals surface area contributed by atoms with Crippen molar-refractivity contribution in [3.63, 3.8) is 0 Å². The minimum Gasteiger partial charge on any atom is -0.370 e. The van der Waals surface area contributed by atoms with Crippen molar-refractivity contribution in [1.82, 2.24) is 15.1 Å². The third-order valence-electron chi connectivity index (χ3n) is 7.92. The molecule has 1 saturated carbocycles. The molecule has 1 aromatic rings. The van der Waals surface area contributed by atoms with Crippen molar-refractivity contribution in [2.24, 2.45) is 22.4 Å². The quantitative estimate of drug-likeness (QED) is 0.201. The summed E-state index contributed by atoms with van der Waals surface area (Å²) in [6.07, 6.45) is 7.07. The van der Waals surface area contributed by atoms with E-state index in [2.05, 4.69) is 34.3 Å². The minimum atomic E-state index is -0.761. The second-order valence-corrected chi connectivity index (χ2v) is 10.5. The van der Waals surface area contributed by atoms with Gasteiger partial charge in [0.05, 0.1) is 0 Å². The van der Waals surface area contributed by atoms with Gasteiger partial charge in [-0.15, -0.1) is 0 Å². The Morgan fingerprint density at radius 3 is 2.46 bits per heavy atom. The Labute approximate surface area is 219 Å². The van der Waals surface area contributed by atoms with Gasteiger partial charge < -0.3 is 26.6 Å². The molecule has 4 amide bonds. The largest absolute Gasteiger partial charge is 0.370 e. The summed E-state index contributed by atoms with van der Waals surface area (Å²) in [5.74, 6) is -0.0800. The summed E-state index contributed by atoms with van der Waals surface area (Å²) in [4.78, 5) is 49.6. The molecule has 2 saturated heterocycles. The molecule has 0 unspecified atom stereocenters. The van der Waals surface area contributed by atoms with Gasteiger partial charge in [0.2, 0.25) is 5.91 Å². The van der Waals surface area contributed by atoms with Gasteiger partial charge in [-0.25, -0.2) is 9.69 Å². The van der Waals surface area contributed by atoms with Crippen molar-refractivity contribution in [2.75, 3.05) is 37.6 Å². The number of hydrogen-bond donors (Lipinski definition) is 3. The third-order valence-corrected chi connectivity index (χ3v) is 7.92. The smallest absolute Gasteiger partial charge is 0.325 e. The molecule has 2 heterocycles. The fraction of sp³-hybridized carbons (Fsp3) is 0.630. The van der Waals surface area contributed by atoms with Crippen LogP contribution in [0, 0.1) is 12.8 Å². The third kappa shape index (κ3) is 6.53. The number of urea groups is 1. The number of piperazine rings is 1. The Hall–Kier alpha value is -3.30. The fourth-order valence-corrected chi connectivity index (χ4v) is 5.89. The molecule has 202 valence electrons. The average molecular weight is 512 g/mol. The fourth-order valence-electron chi connectivity index (χ4n) is 5.89. The average Bonchev–Trinajstić information content (AvgIpc) is 3.18. The van der Waals surface area contributed by atoms with Gasteiger partial charge in [-0.1, -0.05) is 50.3 Å². The highest BCUT2D eigenvalue weighted by Crippen LogP contribution is 2.31. The first-order valence-electron chi connectivity index (χ1n) is 13.6. The monoisotopic (exact) mass is 511 g/mol. The highest BCUT2D eigenvalue weighted by Gasteiger charge is 2.46.